The first-order valence-corrected chi connectivity index (χ1v) is 4.22. The molecular weight excluding hydrogens is 204 g/mol. The molecule has 0 aliphatic rings. The molecule has 0 amide bonds. The van der Waals surface area contributed by atoms with Crippen LogP contribution in [0.25, 0.3) is 5.65 Å². The molecule has 2 aromatic rings. The number of aliphatic carboxylic acids is 1. The molecule has 7 heteroatoms. The smallest absolute Gasteiger partial charge is 0.309 e. The van der Waals surface area contributed by atoms with Crippen molar-refractivity contribution >= 4 is 24.2 Å². The molecule has 0 saturated carbocycles. The molecule has 0 spiro atoms. The van der Waals surface area contributed by atoms with Crippen LogP contribution in [0.3, 0.4) is 0 Å². The van der Waals surface area contributed by atoms with Gasteiger partial charge in [0.1, 0.15) is 5.03 Å². The first kappa shape index (κ1) is 8.95. The summed E-state index contributed by atoms with van der Waals surface area (Å²) in [6, 6.07) is 1.55. The summed E-state index contributed by atoms with van der Waals surface area (Å²) in [6.45, 7) is 0. The maximum Gasteiger partial charge on any atom is 0.309 e. The van der Waals surface area contributed by atoms with Crippen LogP contribution in [0.15, 0.2) is 17.3 Å². The highest BCUT2D eigenvalue weighted by atomic mass is 32.1. The highest BCUT2D eigenvalue weighted by Gasteiger charge is 2.07. The normalized spacial score (nSPS) is 10.6. The third-order valence-electron chi connectivity index (χ3n) is 1.63. The number of hydrogen-bond acceptors (Lipinski definition) is 5. The summed E-state index contributed by atoms with van der Waals surface area (Å²) in [5, 5.41) is 16.5. The number of aromatic nitrogens is 4. The number of carbonyl (C=O) groups is 1. The molecule has 14 heavy (non-hydrogen) atoms. The Morgan fingerprint density at radius 2 is 2.43 bits per heavy atom. The van der Waals surface area contributed by atoms with Crippen molar-refractivity contribution in [1.29, 1.82) is 0 Å². The van der Waals surface area contributed by atoms with Crippen LogP contribution in [0.2, 0.25) is 0 Å². The van der Waals surface area contributed by atoms with Crippen LogP contribution >= 0.6 is 12.6 Å². The van der Waals surface area contributed by atoms with Crippen molar-refractivity contribution in [3.05, 3.63) is 18.0 Å². The lowest BCUT2D eigenvalue weighted by Crippen LogP contribution is -2.04. The summed E-state index contributed by atoms with van der Waals surface area (Å²) in [5.74, 6) is -0.929. The minimum Gasteiger partial charge on any atom is -0.481 e. The maximum absolute atomic E-state index is 10.5. The molecule has 2 rings (SSSR count). The van der Waals surface area contributed by atoms with Gasteiger partial charge in [0.15, 0.2) is 5.65 Å². The summed E-state index contributed by atoms with van der Waals surface area (Å²) in [4.78, 5) is 14.5. The highest BCUT2D eigenvalue weighted by molar-refractivity contribution is 7.80. The zero-order valence-corrected chi connectivity index (χ0v) is 7.85. The maximum atomic E-state index is 10.5. The van der Waals surface area contributed by atoms with Crippen molar-refractivity contribution in [2.75, 3.05) is 0 Å². The van der Waals surface area contributed by atoms with E-state index in [-0.39, 0.29) is 6.42 Å². The number of fused-ring (bicyclic) bond motifs is 1. The second-order valence-electron chi connectivity index (χ2n) is 2.68. The molecule has 0 aliphatic carbocycles. The molecule has 1 N–H and O–H groups in total. The first-order valence-electron chi connectivity index (χ1n) is 3.78. The van der Waals surface area contributed by atoms with Crippen molar-refractivity contribution in [2.45, 2.75) is 11.4 Å². The van der Waals surface area contributed by atoms with E-state index in [0.717, 1.165) is 0 Å². The Morgan fingerprint density at radius 3 is 3.14 bits per heavy atom. The molecule has 2 heterocycles. The molecule has 2 aromatic heterocycles. The zero-order valence-electron chi connectivity index (χ0n) is 6.95. The molecule has 6 nitrogen and oxygen atoms in total. The van der Waals surface area contributed by atoms with Crippen molar-refractivity contribution in [3.8, 4) is 0 Å². The quantitative estimate of drug-likeness (QED) is 0.540. The fourth-order valence-electron chi connectivity index (χ4n) is 1.10. The van der Waals surface area contributed by atoms with Crippen LogP contribution in [-0.2, 0) is 11.2 Å². The SMILES string of the molecule is O=C(O)Cc1cc(S)n2nncc2n1. The zero-order chi connectivity index (χ0) is 10.1. The lowest BCUT2D eigenvalue weighted by atomic mass is 10.3. The Hall–Kier alpha value is -1.63. The van der Waals surface area contributed by atoms with E-state index >= 15 is 0 Å². The van der Waals surface area contributed by atoms with Crippen LogP contribution in [0.1, 0.15) is 5.69 Å². The van der Waals surface area contributed by atoms with Crippen molar-refractivity contribution in [1.82, 2.24) is 19.8 Å². The summed E-state index contributed by atoms with van der Waals surface area (Å²) in [6.07, 6.45) is 1.32. The summed E-state index contributed by atoms with van der Waals surface area (Å²) in [7, 11) is 0. The molecule has 0 unspecified atom stereocenters. The van der Waals surface area contributed by atoms with Crippen LogP contribution < -0.4 is 0 Å². The van der Waals surface area contributed by atoms with Gasteiger partial charge in [-0.1, -0.05) is 5.21 Å². The van der Waals surface area contributed by atoms with Gasteiger partial charge in [-0.15, -0.1) is 17.7 Å². The number of rotatable bonds is 2. The second-order valence-corrected chi connectivity index (χ2v) is 3.14. The van der Waals surface area contributed by atoms with Gasteiger partial charge in [0, 0.05) is 0 Å². The number of thiol groups is 1. The Kier molecular flexibility index (Phi) is 2.08. The molecule has 72 valence electrons. The van der Waals surface area contributed by atoms with E-state index in [9.17, 15) is 4.79 Å². The molecule has 0 saturated heterocycles. The van der Waals surface area contributed by atoms with Crippen molar-refractivity contribution < 1.29 is 9.90 Å². The van der Waals surface area contributed by atoms with Gasteiger partial charge in [-0.25, -0.2) is 4.98 Å². The molecule has 0 aliphatic heterocycles. The Balaban J connectivity index is 2.53. The van der Waals surface area contributed by atoms with Gasteiger partial charge in [-0.2, -0.15) is 4.52 Å². The van der Waals surface area contributed by atoms with E-state index in [1.165, 1.54) is 10.7 Å². The van der Waals surface area contributed by atoms with Crippen LogP contribution in [-0.4, -0.2) is 30.9 Å². The summed E-state index contributed by atoms with van der Waals surface area (Å²) < 4.78 is 1.43. The largest absolute Gasteiger partial charge is 0.481 e. The number of hydrogen-bond donors (Lipinski definition) is 2. The van der Waals surface area contributed by atoms with Crippen molar-refractivity contribution in [3.63, 3.8) is 0 Å². The number of nitrogens with zero attached hydrogens (tertiary/aromatic N) is 4. The molecule has 0 fully saturated rings. The monoisotopic (exact) mass is 210 g/mol. The third kappa shape index (κ3) is 1.53. The summed E-state index contributed by atoms with van der Waals surface area (Å²) >= 11 is 4.14. The average Bonchev–Trinajstić information content (AvgIpc) is 2.50. The van der Waals surface area contributed by atoms with Crippen LogP contribution in [0, 0.1) is 0 Å². The van der Waals surface area contributed by atoms with Gasteiger partial charge in [-0.05, 0) is 6.07 Å². The van der Waals surface area contributed by atoms with E-state index in [2.05, 4.69) is 27.9 Å². The Bertz CT molecular complexity index is 495. The molecule has 0 radical (unpaired) electrons. The minimum atomic E-state index is -0.929. The van der Waals surface area contributed by atoms with E-state index in [1.54, 1.807) is 6.07 Å². The van der Waals surface area contributed by atoms with Gasteiger partial charge in [-0.3, -0.25) is 4.79 Å². The highest BCUT2D eigenvalue weighted by Crippen LogP contribution is 2.09. The molecule has 0 atom stereocenters. The van der Waals surface area contributed by atoms with E-state index in [0.29, 0.717) is 16.4 Å². The van der Waals surface area contributed by atoms with Crippen LogP contribution in [0.5, 0.6) is 0 Å². The number of carboxylic acid groups (broad SMARTS) is 1. The molecular formula is C7H6N4O2S. The van der Waals surface area contributed by atoms with E-state index in [4.69, 9.17) is 5.11 Å². The van der Waals surface area contributed by atoms with Gasteiger partial charge in [0.05, 0.1) is 18.3 Å². The average molecular weight is 210 g/mol. The predicted octanol–water partition coefficient (Wildman–Crippen LogP) is 0.0401. The fourth-order valence-corrected chi connectivity index (χ4v) is 1.40. The number of carboxylic acids is 1. The first-order chi connectivity index (χ1) is 6.66. The predicted molar refractivity (Wildman–Crippen MR) is 49.4 cm³/mol. The molecule has 0 bridgehead atoms. The lowest BCUT2D eigenvalue weighted by Gasteiger charge is -1.99. The molecule has 0 aromatic carbocycles. The third-order valence-corrected chi connectivity index (χ3v) is 1.95. The van der Waals surface area contributed by atoms with Crippen LogP contribution in [0.4, 0.5) is 0 Å². The Labute approximate surface area is 84.0 Å². The summed E-state index contributed by atoms with van der Waals surface area (Å²) in [5.41, 5.74) is 0.936. The Morgan fingerprint density at radius 1 is 1.64 bits per heavy atom. The van der Waals surface area contributed by atoms with Gasteiger partial charge >= 0.3 is 5.97 Å². The van der Waals surface area contributed by atoms with Crippen molar-refractivity contribution in [2.24, 2.45) is 0 Å². The van der Waals surface area contributed by atoms with E-state index in [1.807, 2.05) is 0 Å². The second kappa shape index (κ2) is 3.26. The minimum absolute atomic E-state index is 0.130. The fraction of sp³-hybridized carbons (Fsp3) is 0.143. The topological polar surface area (TPSA) is 80.4 Å². The standard InChI is InChI=1S/C7H6N4O2S/c12-7(13)2-4-1-6(14)11-5(9-4)3-8-10-11/h1,3,14H,2H2,(H,12,13). The van der Waals surface area contributed by atoms with Gasteiger partial charge in [0.25, 0.3) is 0 Å². The van der Waals surface area contributed by atoms with E-state index < -0.39 is 5.97 Å². The lowest BCUT2D eigenvalue weighted by molar-refractivity contribution is -0.136. The van der Waals surface area contributed by atoms with Gasteiger partial charge < -0.3 is 5.11 Å². The van der Waals surface area contributed by atoms with Gasteiger partial charge in [0.2, 0.25) is 0 Å².